The van der Waals surface area contributed by atoms with E-state index in [-0.39, 0.29) is 18.1 Å². The first-order valence-corrected chi connectivity index (χ1v) is 8.74. The number of halogens is 1. The molecule has 0 aliphatic heterocycles. The maximum atomic E-state index is 12.1. The van der Waals surface area contributed by atoms with E-state index in [1.165, 1.54) is 6.08 Å². The molecular formula is C19H20ClN3O2. The lowest BCUT2D eigenvalue weighted by molar-refractivity contribution is -0.117. The van der Waals surface area contributed by atoms with E-state index in [2.05, 4.69) is 15.3 Å². The zero-order chi connectivity index (χ0) is 17.5. The zero-order valence-electron chi connectivity index (χ0n) is 13.8. The van der Waals surface area contributed by atoms with E-state index in [1.54, 1.807) is 30.7 Å². The van der Waals surface area contributed by atoms with Crippen LogP contribution >= 0.6 is 11.6 Å². The summed E-state index contributed by atoms with van der Waals surface area (Å²) in [5, 5.41) is 3.67. The van der Waals surface area contributed by atoms with Crippen LogP contribution in [0.1, 0.15) is 31.2 Å². The fourth-order valence-electron chi connectivity index (χ4n) is 2.87. The van der Waals surface area contributed by atoms with Gasteiger partial charge in [0.2, 0.25) is 11.8 Å². The van der Waals surface area contributed by atoms with Crippen LogP contribution in [0.5, 0.6) is 5.88 Å². The number of aromatic nitrogens is 2. The first-order valence-electron chi connectivity index (χ1n) is 8.36. The Morgan fingerprint density at radius 2 is 2.00 bits per heavy atom. The molecule has 25 heavy (non-hydrogen) atoms. The van der Waals surface area contributed by atoms with Crippen molar-refractivity contribution in [1.29, 1.82) is 0 Å². The van der Waals surface area contributed by atoms with Gasteiger partial charge in [-0.25, -0.2) is 4.98 Å². The number of hydrogen-bond donors (Lipinski definition) is 1. The highest BCUT2D eigenvalue weighted by atomic mass is 35.5. The number of carbonyl (C=O) groups is 1. The van der Waals surface area contributed by atoms with Gasteiger partial charge in [0.15, 0.2) is 0 Å². The molecule has 0 unspecified atom stereocenters. The summed E-state index contributed by atoms with van der Waals surface area (Å²) in [5.74, 6) is 0.455. The Hall–Kier alpha value is -2.40. The van der Waals surface area contributed by atoms with Crippen molar-refractivity contribution in [2.75, 3.05) is 0 Å². The number of amides is 1. The molecule has 130 valence electrons. The summed E-state index contributed by atoms with van der Waals surface area (Å²) >= 11 is 6.08. The number of ether oxygens (including phenoxy) is 1. The molecule has 1 fully saturated rings. The van der Waals surface area contributed by atoms with Gasteiger partial charge in [-0.2, -0.15) is 0 Å². The van der Waals surface area contributed by atoms with Gasteiger partial charge in [-0.15, -0.1) is 0 Å². The molecule has 0 saturated heterocycles. The molecule has 3 rings (SSSR count). The van der Waals surface area contributed by atoms with Crippen LogP contribution in [-0.2, 0) is 4.79 Å². The average molecular weight is 358 g/mol. The smallest absolute Gasteiger partial charge is 0.244 e. The quantitative estimate of drug-likeness (QED) is 0.829. The minimum absolute atomic E-state index is 0.0989. The third-order valence-corrected chi connectivity index (χ3v) is 4.51. The first-order chi connectivity index (χ1) is 12.2. The molecule has 1 aromatic heterocycles. The van der Waals surface area contributed by atoms with Crippen LogP contribution in [0.3, 0.4) is 0 Å². The fraction of sp³-hybridized carbons (Fsp3) is 0.316. The molecule has 0 spiro atoms. The summed E-state index contributed by atoms with van der Waals surface area (Å²) in [5.41, 5.74) is 0.834. The summed E-state index contributed by atoms with van der Waals surface area (Å²) in [7, 11) is 0. The highest BCUT2D eigenvalue weighted by Gasteiger charge is 2.23. The number of nitrogens with one attached hydrogen (secondary N) is 1. The Labute approximate surface area is 152 Å². The minimum Gasteiger partial charge on any atom is -0.473 e. The van der Waals surface area contributed by atoms with Crippen molar-refractivity contribution in [2.45, 2.75) is 37.8 Å². The molecule has 1 amide bonds. The normalized spacial score (nSPS) is 20.4. The van der Waals surface area contributed by atoms with Crippen LogP contribution in [0.4, 0.5) is 0 Å². The lowest BCUT2D eigenvalue weighted by Gasteiger charge is -2.28. The van der Waals surface area contributed by atoms with Crippen molar-refractivity contribution in [3.63, 3.8) is 0 Å². The Morgan fingerprint density at radius 1 is 1.20 bits per heavy atom. The molecule has 1 saturated carbocycles. The van der Waals surface area contributed by atoms with E-state index in [0.29, 0.717) is 10.9 Å². The Kier molecular flexibility index (Phi) is 6.01. The van der Waals surface area contributed by atoms with Crippen molar-refractivity contribution in [3.8, 4) is 5.88 Å². The van der Waals surface area contributed by atoms with Crippen molar-refractivity contribution in [1.82, 2.24) is 15.3 Å². The predicted octanol–water partition coefficient (Wildman–Crippen LogP) is 3.65. The molecule has 5 nitrogen and oxygen atoms in total. The van der Waals surface area contributed by atoms with Gasteiger partial charge in [0, 0.05) is 29.5 Å². The zero-order valence-corrected chi connectivity index (χ0v) is 14.5. The maximum absolute atomic E-state index is 12.1. The Morgan fingerprint density at radius 3 is 2.72 bits per heavy atom. The van der Waals surface area contributed by atoms with Gasteiger partial charge in [0.05, 0.1) is 6.20 Å². The monoisotopic (exact) mass is 357 g/mol. The van der Waals surface area contributed by atoms with Crippen LogP contribution in [0.15, 0.2) is 48.9 Å². The molecule has 1 heterocycles. The standard InChI is InChI=1S/C19H20ClN3O2/c20-17-4-2-1-3-14(17)5-10-18(24)23-15-6-8-16(9-7-15)25-19-13-21-11-12-22-19/h1-5,10-13,15-16H,6-9H2,(H,23,24)/b10-5+. The van der Waals surface area contributed by atoms with Crippen molar-refractivity contribution in [2.24, 2.45) is 0 Å². The Balaban J connectivity index is 1.44. The van der Waals surface area contributed by atoms with Crippen molar-refractivity contribution < 1.29 is 9.53 Å². The molecule has 6 heteroatoms. The highest BCUT2D eigenvalue weighted by Crippen LogP contribution is 2.22. The first kappa shape index (κ1) is 17.4. The SMILES string of the molecule is O=C(/C=C/c1ccccc1Cl)NC1CCC(Oc2cnccn2)CC1. The van der Waals surface area contributed by atoms with Crippen LogP contribution in [0.2, 0.25) is 5.02 Å². The minimum atomic E-state index is -0.0989. The highest BCUT2D eigenvalue weighted by molar-refractivity contribution is 6.32. The molecule has 1 aliphatic rings. The number of benzene rings is 1. The summed E-state index contributed by atoms with van der Waals surface area (Å²) in [6, 6.07) is 7.60. The second-order valence-electron chi connectivity index (χ2n) is 6.00. The van der Waals surface area contributed by atoms with Gasteiger partial charge in [0.1, 0.15) is 6.10 Å². The van der Waals surface area contributed by atoms with Crippen molar-refractivity contribution in [3.05, 3.63) is 59.5 Å². The molecule has 0 radical (unpaired) electrons. The number of carbonyl (C=O) groups excluding carboxylic acids is 1. The lowest BCUT2D eigenvalue weighted by Crippen LogP contribution is -2.39. The van der Waals surface area contributed by atoms with Gasteiger partial charge >= 0.3 is 0 Å². The van der Waals surface area contributed by atoms with Crippen LogP contribution < -0.4 is 10.1 Å². The Bertz CT molecular complexity index is 728. The summed E-state index contributed by atoms with van der Waals surface area (Å²) in [6.45, 7) is 0. The fourth-order valence-corrected chi connectivity index (χ4v) is 3.07. The number of rotatable bonds is 5. The molecule has 0 atom stereocenters. The third kappa shape index (κ3) is 5.29. The molecule has 1 N–H and O–H groups in total. The van der Waals surface area contributed by atoms with E-state index in [9.17, 15) is 4.79 Å². The predicted molar refractivity (Wildman–Crippen MR) is 97.3 cm³/mol. The average Bonchev–Trinajstić information content (AvgIpc) is 2.64. The van der Waals surface area contributed by atoms with Gasteiger partial charge in [-0.3, -0.25) is 9.78 Å². The molecule has 1 aliphatic carbocycles. The van der Waals surface area contributed by atoms with E-state index in [0.717, 1.165) is 31.2 Å². The van der Waals surface area contributed by atoms with Gasteiger partial charge in [-0.05, 0) is 43.4 Å². The molecule has 1 aromatic carbocycles. The topological polar surface area (TPSA) is 64.1 Å². The number of nitrogens with zero attached hydrogens (tertiary/aromatic N) is 2. The largest absolute Gasteiger partial charge is 0.473 e. The summed E-state index contributed by atoms with van der Waals surface area (Å²) < 4.78 is 5.81. The van der Waals surface area contributed by atoms with Gasteiger partial charge < -0.3 is 10.1 Å². The van der Waals surface area contributed by atoms with Crippen LogP contribution in [-0.4, -0.2) is 28.0 Å². The molecule has 0 bridgehead atoms. The lowest BCUT2D eigenvalue weighted by atomic mass is 9.93. The van der Waals surface area contributed by atoms with Gasteiger partial charge in [0.25, 0.3) is 0 Å². The van der Waals surface area contributed by atoms with E-state index < -0.39 is 0 Å². The van der Waals surface area contributed by atoms with E-state index in [1.807, 2.05) is 18.2 Å². The van der Waals surface area contributed by atoms with E-state index in [4.69, 9.17) is 16.3 Å². The summed E-state index contributed by atoms with van der Waals surface area (Å²) in [4.78, 5) is 20.2. The summed E-state index contributed by atoms with van der Waals surface area (Å²) in [6.07, 6.45) is 11.8. The van der Waals surface area contributed by atoms with Crippen molar-refractivity contribution >= 4 is 23.6 Å². The van der Waals surface area contributed by atoms with Crippen LogP contribution in [0.25, 0.3) is 6.08 Å². The van der Waals surface area contributed by atoms with Crippen LogP contribution in [0, 0.1) is 0 Å². The number of hydrogen-bond acceptors (Lipinski definition) is 4. The molecular weight excluding hydrogens is 338 g/mol. The van der Waals surface area contributed by atoms with E-state index >= 15 is 0 Å². The maximum Gasteiger partial charge on any atom is 0.244 e. The second kappa shape index (κ2) is 8.62. The van der Waals surface area contributed by atoms with Gasteiger partial charge in [-0.1, -0.05) is 29.8 Å². The third-order valence-electron chi connectivity index (χ3n) is 4.17. The molecule has 2 aromatic rings. The second-order valence-corrected chi connectivity index (χ2v) is 6.41.